The standard InChI is InChI=1S/C14H19N3O2/c1-5-14(3,15)13-16-12(17-19-13)10-6-7-11(18-4)9(2)8-10/h6-8H,5,15H2,1-4H3. The van der Waals surface area contributed by atoms with E-state index in [1.807, 2.05) is 39.0 Å². The van der Waals surface area contributed by atoms with Crippen molar-refractivity contribution in [3.8, 4) is 17.1 Å². The van der Waals surface area contributed by atoms with Crippen LogP contribution in [0.25, 0.3) is 11.4 Å². The molecule has 0 aliphatic heterocycles. The van der Waals surface area contributed by atoms with Gasteiger partial charge in [-0.3, -0.25) is 0 Å². The molecular formula is C14H19N3O2. The van der Waals surface area contributed by atoms with Crippen LogP contribution in [0, 0.1) is 6.92 Å². The maximum Gasteiger partial charge on any atom is 0.246 e. The predicted octanol–water partition coefficient (Wildman–Crippen LogP) is 2.64. The first-order chi connectivity index (χ1) is 8.97. The average molecular weight is 261 g/mol. The van der Waals surface area contributed by atoms with Crippen LogP contribution in [0.5, 0.6) is 5.75 Å². The third kappa shape index (κ3) is 2.61. The predicted molar refractivity (Wildman–Crippen MR) is 72.9 cm³/mol. The fourth-order valence-electron chi connectivity index (χ4n) is 1.74. The summed E-state index contributed by atoms with van der Waals surface area (Å²) in [4.78, 5) is 4.38. The zero-order valence-corrected chi connectivity index (χ0v) is 11.7. The highest BCUT2D eigenvalue weighted by Gasteiger charge is 2.26. The van der Waals surface area contributed by atoms with Crippen molar-refractivity contribution in [2.45, 2.75) is 32.7 Å². The largest absolute Gasteiger partial charge is 0.496 e. The number of aryl methyl sites for hydroxylation is 1. The molecule has 0 saturated heterocycles. The number of ether oxygens (including phenoxy) is 1. The Morgan fingerprint density at radius 1 is 1.42 bits per heavy atom. The molecule has 2 rings (SSSR count). The van der Waals surface area contributed by atoms with Crippen molar-refractivity contribution in [1.82, 2.24) is 10.1 Å². The number of benzene rings is 1. The number of aromatic nitrogens is 2. The van der Waals surface area contributed by atoms with Crippen LogP contribution in [0.1, 0.15) is 31.7 Å². The lowest BCUT2D eigenvalue weighted by Gasteiger charge is -2.16. The van der Waals surface area contributed by atoms with Crippen LogP contribution in [0.3, 0.4) is 0 Å². The minimum absolute atomic E-state index is 0.457. The molecule has 1 aromatic carbocycles. The topological polar surface area (TPSA) is 74.2 Å². The summed E-state index contributed by atoms with van der Waals surface area (Å²) < 4.78 is 10.5. The van der Waals surface area contributed by atoms with Gasteiger partial charge in [0.15, 0.2) is 0 Å². The summed E-state index contributed by atoms with van der Waals surface area (Å²) >= 11 is 0. The number of nitrogens with zero attached hydrogens (tertiary/aromatic N) is 2. The van der Waals surface area contributed by atoms with Crippen LogP contribution in [-0.2, 0) is 5.54 Å². The molecule has 102 valence electrons. The van der Waals surface area contributed by atoms with Crippen LogP contribution in [0.2, 0.25) is 0 Å². The van der Waals surface area contributed by atoms with Gasteiger partial charge >= 0.3 is 0 Å². The van der Waals surface area contributed by atoms with Gasteiger partial charge in [-0.25, -0.2) is 0 Å². The quantitative estimate of drug-likeness (QED) is 0.915. The van der Waals surface area contributed by atoms with Crippen molar-refractivity contribution in [3.05, 3.63) is 29.7 Å². The van der Waals surface area contributed by atoms with Gasteiger partial charge in [-0.2, -0.15) is 4.98 Å². The van der Waals surface area contributed by atoms with Gasteiger partial charge in [0.1, 0.15) is 5.75 Å². The first-order valence-electron chi connectivity index (χ1n) is 6.26. The van der Waals surface area contributed by atoms with Gasteiger partial charge in [0.05, 0.1) is 12.6 Å². The monoisotopic (exact) mass is 261 g/mol. The highest BCUT2D eigenvalue weighted by Crippen LogP contribution is 2.26. The molecule has 0 bridgehead atoms. The lowest BCUT2D eigenvalue weighted by molar-refractivity contribution is 0.291. The van der Waals surface area contributed by atoms with E-state index in [9.17, 15) is 0 Å². The number of rotatable bonds is 4. The molecule has 19 heavy (non-hydrogen) atoms. The first-order valence-corrected chi connectivity index (χ1v) is 6.26. The van der Waals surface area contributed by atoms with Gasteiger partial charge in [-0.05, 0) is 44.0 Å². The minimum Gasteiger partial charge on any atom is -0.496 e. The van der Waals surface area contributed by atoms with Gasteiger partial charge in [-0.1, -0.05) is 12.1 Å². The maximum atomic E-state index is 6.09. The van der Waals surface area contributed by atoms with Crippen LogP contribution >= 0.6 is 0 Å². The smallest absolute Gasteiger partial charge is 0.246 e. The Morgan fingerprint density at radius 3 is 2.74 bits per heavy atom. The summed E-state index contributed by atoms with van der Waals surface area (Å²) in [7, 11) is 1.65. The summed E-state index contributed by atoms with van der Waals surface area (Å²) in [5.74, 6) is 1.84. The Bertz CT molecular complexity index is 576. The summed E-state index contributed by atoms with van der Waals surface area (Å²) in [6.07, 6.45) is 0.732. The maximum absolute atomic E-state index is 6.09. The Hall–Kier alpha value is -1.88. The third-order valence-electron chi connectivity index (χ3n) is 3.30. The number of nitrogens with two attached hydrogens (primary N) is 1. The molecule has 0 amide bonds. The highest BCUT2D eigenvalue weighted by molar-refractivity contribution is 5.58. The second-order valence-electron chi connectivity index (χ2n) is 4.88. The molecule has 1 aromatic heterocycles. The average Bonchev–Trinajstić information content (AvgIpc) is 2.89. The molecule has 1 heterocycles. The minimum atomic E-state index is -0.591. The Balaban J connectivity index is 2.36. The Labute approximate surface area is 112 Å². The number of hydrogen-bond acceptors (Lipinski definition) is 5. The van der Waals surface area contributed by atoms with Gasteiger partial charge in [0.25, 0.3) is 0 Å². The van der Waals surface area contributed by atoms with Gasteiger partial charge in [-0.15, -0.1) is 0 Å². The van der Waals surface area contributed by atoms with Crippen LogP contribution in [-0.4, -0.2) is 17.3 Å². The molecule has 2 aromatic rings. The molecule has 0 radical (unpaired) electrons. The highest BCUT2D eigenvalue weighted by atomic mass is 16.5. The zero-order valence-electron chi connectivity index (χ0n) is 11.7. The molecule has 0 spiro atoms. The fraction of sp³-hybridized carbons (Fsp3) is 0.429. The summed E-state index contributed by atoms with van der Waals surface area (Å²) in [6.45, 7) is 5.84. The summed E-state index contributed by atoms with van der Waals surface area (Å²) in [5.41, 5.74) is 7.41. The number of methoxy groups -OCH3 is 1. The van der Waals surface area contributed by atoms with E-state index in [0.29, 0.717) is 11.7 Å². The molecule has 1 atom stereocenters. The van der Waals surface area contributed by atoms with E-state index in [4.69, 9.17) is 15.0 Å². The van der Waals surface area contributed by atoms with E-state index < -0.39 is 5.54 Å². The van der Waals surface area contributed by atoms with Crippen molar-refractivity contribution in [2.24, 2.45) is 5.73 Å². The van der Waals surface area contributed by atoms with Gasteiger partial charge < -0.3 is 15.0 Å². The van der Waals surface area contributed by atoms with Crippen molar-refractivity contribution in [2.75, 3.05) is 7.11 Å². The van der Waals surface area contributed by atoms with Crippen LogP contribution in [0.15, 0.2) is 22.7 Å². The van der Waals surface area contributed by atoms with Crippen molar-refractivity contribution in [3.63, 3.8) is 0 Å². The van der Waals surface area contributed by atoms with Gasteiger partial charge in [0.2, 0.25) is 11.7 Å². The first kappa shape index (κ1) is 13.5. The second kappa shape index (κ2) is 5.01. The molecule has 0 aliphatic carbocycles. The lowest BCUT2D eigenvalue weighted by atomic mass is 10.0. The molecule has 1 unspecified atom stereocenters. The van der Waals surface area contributed by atoms with E-state index in [-0.39, 0.29) is 0 Å². The molecule has 5 heteroatoms. The van der Waals surface area contributed by atoms with E-state index in [1.165, 1.54) is 0 Å². The van der Waals surface area contributed by atoms with Crippen molar-refractivity contribution < 1.29 is 9.26 Å². The normalized spacial score (nSPS) is 14.2. The van der Waals surface area contributed by atoms with E-state index in [1.54, 1.807) is 7.11 Å². The third-order valence-corrected chi connectivity index (χ3v) is 3.30. The van der Waals surface area contributed by atoms with E-state index >= 15 is 0 Å². The molecule has 5 nitrogen and oxygen atoms in total. The van der Waals surface area contributed by atoms with Gasteiger partial charge in [0, 0.05) is 5.56 Å². The van der Waals surface area contributed by atoms with E-state index in [0.717, 1.165) is 23.3 Å². The number of hydrogen-bond donors (Lipinski definition) is 1. The second-order valence-corrected chi connectivity index (χ2v) is 4.88. The molecule has 0 aliphatic rings. The van der Waals surface area contributed by atoms with Crippen LogP contribution in [0.4, 0.5) is 0 Å². The van der Waals surface area contributed by atoms with Crippen LogP contribution < -0.4 is 10.5 Å². The molecule has 0 fully saturated rings. The van der Waals surface area contributed by atoms with Crippen molar-refractivity contribution in [1.29, 1.82) is 0 Å². The summed E-state index contributed by atoms with van der Waals surface area (Å²) in [5, 5.41) is 3.99. The molecule has 2 N–H and O–H groups in total. The fourth-order valence-corrected chi connectivity index (χ4v) is 1.74. The van der Waals surface area contributed by atoms with E-state index in [2.05, 4.69) is 10.1 Å². The lowest BCUT2D eigenvalue weighted by Crippen LogP contribution is -2.32. The van der Waals surface area contributed by atoms with Crippen molar-refractivity contribution >= 4 is 0 Å². The Morgan fingerprint density at radius 2 is 2.16 bits per heavy atom. The summed E-state index contributed by atoms with van der Waals surface area (Å²) in [6, 6.07) is 5.76. The zero-order chi connectivity index (χ0) is 14.0. The molecular weight excluding hydrogens is 242 g/mol. The SMILES string of the molecule is CCC(C)(N)c1nc(-c2ccc(OC)c(C)c2)no1. The Kier molecular flexibility index (Phi) is 3.57. The molecule has 0 saturated carbocycles.